The normalized spacial score (nSPS) is 10.3. The minimum atomic E-state index is 0.537. The van der Waals surface area contributed by atoms with Crippen LogP contribution in [-0.2, 0) is 11.5 Å². The molecule has 6 nitrogen and oxygen atoms in total. The Bertz CT molecular complexity index is 1210. The molecule has 182 valence electrons. The van der Waals surface area contributed by atoms with E-state index in [-0.39, 0.29) is 0 Å². The molecule has 9 heteroatoms. The van der Waals surface area contributed by atoms with Crippen LogP contribution in [0.3, 0.4) is 0 Å². The van der Waals surface area contributed by atoms with Crippen LogP contribution in [0, 0.1) is 0 Å². The summed E-state index contributed by atoms with van der Waals surface area (Å²) in [5, 5.41) is 0. The number of rotatable bonds is 8. The number of nitrogens with zero attached hydrogens (tertiary/aromatic N) is 2. The Morgan fingerprint density at radius 2 is 1.29 bits per heavy atom. The molecule has 0 aliphatic carbocycles. The maximum Gasteiger partial charge on any atom is 0.124 e. The van der Waals surface area contributed by atoms with Crippen molar-refractivity contribution in [1.82, 2.24) is 9.97 Å². The third kappa shape index (κ3) is 9.01. The first-order valence-electron chi connectivity index (χ1n) is 10.6. The van der Waals surface area contributed by atoms with Gasteiger partial charge in [-0.1, -0.05) is 24.3 Å². The lowest BCUT2D eigenvalue weighted by molar-refractivity contribution is 0.414. The second kappa shape index (κ2) is 13.9. The molecule has 0 amide bonds. The van der Waals surface area contributed by atoms with Crippen LogP contribution >= 0.6 is 39.5 Å². The van der Waals surface area contributed by atoms with E-state index in [2.05, 4.69) is 50.2 Å². The second-order valence-electron chi connectivity index (χ2n) is 7.23. The quantitative estimate of drug-likeness (QED) is 0.226. The average molecular weight is 572 g/mol. The maximum absolute atomic E-state index is 5.67. The summed E-state index contributed by atoms with van der Waals surface area (Å²) in [4.78, 5) is 10.2. The SMILES string of the molecule is COc1ccc(CSc2cc(N)ncc2Br)cc1.COc1ccc(CSc2ccnc(N)c2)cc1. The molecule has 0 aliphatic heterocycles. The van der Waals surface area contributed by atoms with Gasteiger partial charge in [0.05, 0.1) is 14.2 Å². The molecule has 0 radical (unpaired) electrons. The third-order valence-electron chi connectivity index (χ3n) is 4.71. The van der Waals surface area contributed by atoms with Gasteiger partial charge >= 0.3 is 0 Å². The van der Waals surface area contributed by atoms with Crippen LogP contribution in [0.25, 0.3) is 0 Å². The standard InChI is InChI=1S/C13H13BrN2OS.C13H14N2OS/c1-17-10-4-2-9(3-5-10)8-18-12-6-13(15)16-7-11(12)14;1-16-11-4-2-10(3-5-11)9-17-12-6-7-15-13(14)8-12/h2-7H,8H2,1H3,(H2,15,16);2-8H,9H2,1H3,(H2,14,15). The van der Waals surface area contributed by atoms with E-state index in [1.807, 2.05) is 42.5 Å². The predicted octanol–water partition coefficient (Wildman–Crippen LogP) is 6.69. The maximum atomic E-state index is 5.67. The highest BCUT2D eigenvalue weighted by atomic mass is 79.9. The topological polar surface area (TPSA) is 96.3 Å². The van der Waals surface area contributed by atoms with Gasteiger partial charge in [0, 0.05) is 38.2 Å². The summed E-state index contributed by atoms with van der Waals surface area (Å²) in [6.45, 7) is 0. The van der Waals surface area contributed by atoms with Gasteiger partial charge in [0.15, 0.2) is 0 Å². The lowest BCUT2D eigenvalue weighted by Crippen LogP contribution is -1.90. The first-order valence-corrected chi connectivity index (χ1v) is 13.4. The van der Waals surface area contributed by atoms with Crippen LogP contribution in [0.2, 0.25) is 0 Å². The minimum Gasteiger partial charge on any atom is -0.497 e. The molecule has 0 spiro atoms. The van der Waals surface area contributed by atoms with E-state index in [9.17, 15) is 0 Å². The van der Waals surface area contributed by atoms with Gasteiger partial charge in [-0.2, -0.15) is 0 Å². The highest BCUT2D eigenvalue weighted by Crippen LogP contribution is 2.31. The molecule has 2 aromatic carbocycles. The Morgan fingerprint density at radius 1 is 0.743 bits per heavy atom. The fourth-order valence-electron chi connectivity index (χ4n) is 2.83. The van der Waals surface area contributed by atoms with Crippen LogP contribution in [0.1, 0.15) is 11.1 Å². The number of nitrogen functional groups attached to an aromatic ring is 2. The number of halogens is 1. The molecule has 0 bridgehead atoms. The Balaban J connectivity index is 0.000000196. The summed E-state index contributed by atoms with van der Waals surface area (Å²) in [5.74, 6) is 4.64. The predicted molar refractivity (Wildman–Crippen MR) is 150 cm³/mol. The van der Waals surface area contributed by atoms with Crippen LogP contribution in [0.15, 0.2) is 93.4 Å². The lowest BCUT2D eigenvalue weighted by Gasteiger charge is -2.06. The molecular formula is C26H27BrN4O2S2. The number of hydrogen-bond donors (Lipinski definition) is 2. The number of hydrogen-bond acceptors (Lipinski definition) is 8. The zero-order valence-electron chi connectivity index (χ0n) is 19.5. The molecule has 4 N–H and O–H groups in total. The van der Waals surface area contributed by atoms with Crippen molar-refractivity contribution in [3.8, 4) is 11.5 Å². The Labute approximate surface area is 223 Å². The number of thioether (sulfide) groups is 2. The van der Waals surface area contributed by atoms with Gasteiger partial charge in [0.2, 0.25) is 0 Å². The molecule has 0 fully saturated rings. The molecule has 2 aromatic heterocycles. The number of nitrogens with two attached hydrogens (primary N) is 2. The molecule has 0 aliphatic rings. The van der Waals surface area contributed by atoms with Gasteiger partial charge in [-0.05, 0) is 69.5 Å². The summed E-state index contributed by atoms with van der Waals surface area (Å²) in [6, 6.07) is 21.8. The van der Waals surface area contributed by atoms with Crippen LogP contribution in [-0.4, -0.2) is 24.2 Å². The van der Waals surface area contributed by atoms with Gasteiger partial charge < -0.3 is 20.9 Å². The highest BCUT2D eigenvalue weighted by molar-refractivity contribution is 9.10. The van der Waals surface area contributed by atoms with Crippen molar-refractivity contribution < 1.29 is 9.47 Å². The monoisotopic (exact) mass is 570 g/mol. The number of aromatic nitrogens is 2. The summed E-state index contributed by atoms with van der Waals surface area (Å²) >= 11 is 6.93. The summed E-state index contributed by atoms with van der Waals surface area (Å²) in [6.07, 6.45) is 3.46. The van der Waals surface area contributed by atoms with E-state index in [0.717, 1.165) is 37.3 Å². The van der Waals surface area contributed by atoms with E-state index >= 15 is 0 Å². The molecular weight excluding hydrogens is 544 g/mol. The number of pyridine rings is 2. The van der Waals surface area contributed by atoms with Crippen LogP contribution in [0.5, 0.6) is 11.5 Å². The highest BCUT2D eigenvalue weighted by Gasteiger charge is 2.03. The summed E-state index contributed by atoms with van der Waals surface area (Å²) in [5.41, 5.74) is 13.8. The lowest BCUT2D eigenvalue weighted by atomic mass is 10.2. The number of methoxy groups -OCH3 is 2. The molecule has 0 unspecified atom stereocenters. The van der Waals surface area contributed by atoms with Gasteiger partial charge in [0.25, 0.3) is 0 Å². The van der Waals surface area contributed by atoms with Gasteiger partial charge in [-0.3, -0.25) is 0 Å². The van der Waals surface area contributed by atoms with Gasteiger partial charge in [-0.15, -0.1) is 23.5 Å². The fourth-order valence-corrected chi connectivity index (χ4v) is 5.19. The van der Waals surface area contributed by atoms with E-state index < -0.39 is 0 Å². The number of benzene rings is 2. The van der Waals surface area contributed by atoms with Crippen molar-refractivity contribution in [3.63, 3.8) is 0 Å². The Kier molecular flexibility index (Phi) is 10.6. The molecule has 0 saturated heterocycles. The van der Waals surface area contributed by atoms with Gasteiger partial charge in [-0.25, -0.2) is 9.97 Å². The molecule has 4 aromatic rings. The third-order valence-corrected chi connectivity index (χ3v) is 7.80. The average Bonchev–Trinajstić information content (AvgIpc) is 2.89. The second-order valence-corrected chi connectivity index (χ2v) is 10.1. The number of anilines is 2. The van der Waals surface area contributed by atoms with Crippen LogP contribution < -0.4 is 20.9 Å². The molecule has 2 heterocycles. The molecule has 0 saturated carbocycles. The number of ether oxygens (including phenoxy) is 2. The van der Waals surface area contributed by atoms with E-state index in [1.165, 1.54) is 11.1 Å². The zero-order chi connectivity index (χ0) is 25.0. The Hall–Kier alpha value is -2.88. The summed E-state index contributed by atoms with van der Waals surface area (Å²) < 4.78 is 11.2. The van der Waals surface area contributed by atoms with Crippen molar-refractivity contribution in [3.05, 3.63) is 94.7 Å². The van der Waals surface area contributed by atoms with Crippen molar-refractivity contribution in [2.45, 2.75) is 21.3 Å². The Morgan fingerprint density at radius 3 is 1.83 bits per heavy atom. The smallest absolute Gasteiger partial charge is 0.124 e. The summed E-state index contributed by atoms with van der Waals surface area (Å²) in [7, 11) is 3.34. The zero-order valence-corrected chi connectivity index (χ0v) is 22.7. The van der Waals surface area contributed by atoms with Gasteiger partial charge in [0.1, 0.15) is 23.1 Å². The molecule has 4 rings (SSSR count). The first-order chi connectivity index (χ1) is 17.0. The van der Waals surface area contributed by atoms with Crippen molar-refractivity contribution in [1.29, 1.82) is 0 Å². The van der Waals surface area contributed by atoms with Crippen molar-refractivity contribution in [2.24, 2.45) is 0 Å². The van der Waals surface area contributed by atoms with E-state index in [4.69, 9.17) is 20.9 Å². The fraction of sp³-hybridized carbons (Fsp3) is 0.154. The van der Waals surface area contributed by atoms with Crippen LogP contribution in [0.4, 0.5) is 11.6 Å². The molecule has 0 atom stereocenters. The van der Waals surface area contributed by atoms with Crippen molar-refractivity contribution >= 4 is 51.1 Å². The largest absolute Gasteiger partial charge is 0.497 e. The van der Waals surface area contributed by atoms with Crippen molar-refractivity contribution in [2.75, 3.05) is 25.7 Å². The van der Waals surface area contributed by atoms with E-state index in [1.54, 1.807) is 50.1 Å². The minimum absolute atomic E-state index is 0.537. The molecule has 35 heavy (non-hydrogen) atoms. The van der Waals surface area contributed by atoms with E-state index in [0.29, 0.717) is 11.6 Å². The first kappa shape index (κ1) is 26.7.